The Labute approximate surface area is 211 Å². The van der Waals surface area contributed by atoms with Crippen LogP contribution in [0.25, 0.3) is 0 Å². The summed E-state index contributed by atoms with van der Waals surface area (Å²) in [5, 5.41) is 0. The lowest BCUT2D eigenvalue weighted by Crippen LogP contribution is -2.37. The third kappa shape index (κ3) is 11.4. The maximum atomic E-state index is 12.4. The number of hydrogen-bond acceptors (Lipinski definition) is 11. The van der Waals surface area contributed by atoms with E-state index in [9.17, 15) is 19.2 Å². The van der Waals surface area contributed by atoms with Gasteiger partial charge in [0, 0.05) is 0 Å². The van der Waals surface area contributed by atoms with Gasteiger partial charge in [-0.2, -0.15) is 0 Å². The van der Waals surface area contributed by atoms with Crippen molar-refractivity contribution in [1.82, 2.24) is 0 Å². The molecule has 0 radical (unpaired) electrons. The van der Waals surface area contributed by atoms with Gasteiger partial charge in [-0.15, -0.1) is 0 Å². The molecule has 0 saturated heterocycles. The molecule has 202 valence electrons. The molecular weight excluding hydrogens is 474 g/mol. The molecule has 0 aliphatic rings. The van der Waals surface area contributed by atoms with Crippen molar-refractivity contribution in [1.29, 1.82) is 0 Å². The summed E-state index contributed by atoms with van der Waals surface area (Å²) in [6.07, 6.45) is -0.761. The first kappa shape index (κ1) is 30.7. The van der Waals surface area contributed by atoms with Gasteiger partial charge >= 0.3 is 24.2 Å². The number of hydrogen-bond donors (Lipinski definition) is 1. The Bertz CT molecular complexity index is 872. The highest BCUT2D eigenvalue weighted by Gasteiger charge is 2.22. The SMILES string of the molecule is CCCOC(=O)Oc1ccc(C[C@H](N)C(=O)O[C@@H](C)COC(=O)C(C)CC)cc1OC(=O)OCCC. The summed E-state index contributed by atoms with van der Waals surface area (Å²) in [6.45, 7) is 9.09. The lowest BCUT2D eigenvalue weighted by Gasteiger charge is -2.18. The van der Waals surface area contributed by atoms with E-state index in [-0.39, 0.29) is 49.6 Å². The lowest BCUT2D eigenvalue weighted by atomic mass is 10.1. The molecule has 2 N–H and O–H groups in total. The monoisotopic (exact) mass is 511 g/mol. The van der Waals surface area contributed by atoms with E-state index in [1.165, 1.54) is 12.1 Å². The molecule has 0 bridgehead atoms. The summed E-state index contributed by atoms with van der Waals surface area (Å²) in [7, 11) is 0. The Morgan fingerprint density at radius 2 is 1.42 bits per heavy atom. The number of esters is 2. The molecule has 36 heavy (non-hydrogen) atoms. The zero-order valence-electron chi connectivity index (χ0n) is 21.6. The van der Waals surface area contributed by atoms with Crippen molar-refractivity contribution in [2.45, 2.75) is 72.4 Å². The first-order valence-electron chi connectivity index (χ1n) is 12.1. The topological polar surface area (TPSA) is 150 Å². The van der Waals surface area contributed by atoms with Gasteiger partial charge in [-0.25, -0.2) is 9.59 Å². The fraction of sp³-hybridized carbons (Fsp3) is 0.600. The highest BCUT2D eigenvalue weighted by molar-refractivity contribution is 5.76. The van der Waals surface area contributed by atoms with E-state index in [1.807, 2.05) is 20.8 Å². The van der Waals surface area contributed by atoms with Crippen molar-refractivity contribution in [3.05, 3.63) is 23.8 Å². The van der Waals surface area contributed by atoms with E-state index in [0.29, 0.717) is 24.8 Å². The normalized spacial score (nSPS) is 13.1. The fourth-order valence-electron chi connectivity index (χ4n) is 2.62. The lowest BCUT2D eigenvalue weighted by molar-refractivity contribution is -0.160. The first-order chi connectivity index (χ1) is 17.1. The third-order valence-electron chi connectivity index (χ3n) is 4.79. The van der Waals surface area contributed by atoms with Crippen molar-refractivity contribution in [3.8, 4) is 11.5 Å². The van der Waals surface area contributed by atoms with Gasteiger partial charge in [0.1, 0.15) is 18.8 Å². The molecule has 0 heterocycles. The third-order valence-corrected chi connectivity index (χ3v) is 4.79. The number of carbonyl (C=O) groups is 4. The summed E-state index contributed by atoms with van der Waals surface area (Å²) < 4.78 is 30.5. The molecule has 1 unspecified atom stereocenters. The first-order valence-corrected chi connectivity index (χ1v) is 12.1. The standard InChI is InChI=1S/C25H37NO10/c1-6-11-31-24(29)35-20-10-9-18(14-21(20)36-25(30)32-12-7-2)13-19(26)23(28)34-17(5)15-33-22(27)16(4)8-3/h9-10,14,16-17,19H,6-8,11-13,15,26H2,1-5H3/t16?,17-,19-/m0/s1. The zero-order valence-corrected chi connectivity index (χ0v) is 21.6. The van der Waals surface area contributed by atoms with Crippen LogP contribution in [-0.4, -0.2) is 56.2 Å². The molecule has 1 aromatic rings. The molecule has 0 aliphatic carbocycles. The molecular formula is C25H37NO10. The maximum absolute atomic E-state index is 12.4. The molecule has 0 amide bonds. The fourth-order valence-corrected chi connectivity index (χ4v) is 2.62. The van der Waals surface area contributed by atoms with Crippen molar-refractivity contribution >= 4 is 24.2 Å². The quantitative estimate of drug-likeness (QED) is 0.220. The van der Waals surface area contributed by atoms with Crippen molar-refractivity contribution in [3.63, 3.8) is 0 Å². The van der Waals surface area contributed by atoms with Crippen LogP contribution in [0.4, 0.5) is 9.59 Å². The molecule has 1 rings (SSSR count). The second-order valence-corrected chi connectivity index (χ2v) is 8.18. The van der Waals surface area contributed by atoms with Gasteiger partial charge in [-0.3, -0.25) is 9.59 Å². The van der Waals surface area contributed by atoms with Crippen LogP contribution in [0.5, 0.6) is 11.5 Å². The van der Waals surface area contributed by atoms with Gasteiger partial charge < -0.3 is 34.2 Å². The summed E-state index contributed by atoms with van der Waals surface area (Å²) in [5.41, 5.74) is 6.50. The Balaban J connectivity index is 2.84. The molecule has 0 saturated carbocycles. The molecule has 0 aliphatic heterocycles. The average Bonchev–Trinajstić information content (AvgIpc) is 2.85. The minimum atomic E-state index is -1.06. The summed E-state index contributed by atoms with van der Waals surface area (Å²) in [4.78, 5) is 48.0. The predicted molar refractivity (Wildman–Crippen MR) is 129 cm³/mol. The van der Waals surface area contributed by atoms with Crippen molar-refractivity contribution in [2.24, 2.45) is 11.7 Å². The largest absolute Gasteiger partial charge is 0.513 e. The van der Waals surface area contributed by atoms with E-state index in [0.717, 1.165) is 0 Å². The Morgan fingerprint density at radius 3 is 1.97 bits per heavy atom. The van der Waals surface area contributed by atoms with E-state index < -0.39 is 30.4 Å². The predicted octanol–water partition coefficient (Wildman–Crippen LogP) is 3.93. The summed E-state index contributed by atoms with van der Waals surface area (Å²) in [6, 6.07) is 3.29. The van der Waals surface area contributed by atoms with Gasteiger partial charge in [-0.1, -0.05) is 33.8 Å². The molecule has 1 aromatic carbocycles. The molecule has 0 fully saturated rings. The van der Waals surface area contributed by atoms with Crippen LogP contribution >= 0.6 is 0 Å². The number of ether oxygens (including phenoxy) is 6. The average molecular weight is 512 g/mol. The van der Waals surface area contributed by atoms with Crippen LogP contribution in [0.2, 0.25) is 0 Å². The summed E-state index contributed by atoms with van der Waals surface area (Å²) >= 11 is 0. The van der Waals surface area contributed by atoms with E-state index in [2.05, 4.69) is 0 Å². The molecule has 0 spiro atoms. The van der Waals surface area contributed by atoms with Crippen LogP contribution in [-0.2, 0) is 35.0 Å². The second-order valence-electron chi connectivity index (χ2n) is 8.18. The van der Waals surface area contributed by atoms with Gasteiger partial charge in [-0.05, 0) is 50.3 Å². The van der Waals surface area contributed by atoms with Crippen LogP contribution in [0.15, 0.2) is 18.2 Å². The van der Waals surface area contributed by atoms with E-state index in [4.69, 9.17) is 34.2 Å². The highest BCUT2D eigenvalue weighted by atomic mass is 16.7. The maximum Gasteiger partial charge on any atom is 0.513 e. The molecule has 0 aromatic heterocycles. The Kier molecular flexibility index (Phi) is 13.9. The van der Waals surface area contributed by atoms with Gasteiger partial charge in [0.05, 0.1) is 19.1 Å². The molecule has 11 heteroatoms. The zero-order chi connectivity index (χ0) is 27.1. The molecule has 3 atom stereocenters. The van der Waals surface area contributed by atoms with Crippen LogP contribution in [0, 0.1) is 5.92 Å². The van der Waals surface area contributed by atoms with Gasteiger partial charge in [0.15, 0.2) is 11.5 Å². The smallest absolute Gasteiger partial charge is 0.462 e. The van der Waals surface area contributed by atoms with E-state index >= 15 is 0 Å². The number of benzene rings is 1. The Morgan fingerprint density at radius 1 is 0.833 bits per heavy atom. The minimum absolute atomic E-state index is 0.0269. The number of nitrogens with two attached hydrogens (primary N) is 1. The molecule has 11 nitrogen and oxygen atoms in total. The summed E-state index contributed by atoms with van der Waals surface area (Å²) in [5.74, 6) is -1.48. The van der Waals surface area contributed by atoms with Gasteiger partial charge in [0.25, 0.3) is 0 Å². The van der Waals surface area contributed by atoms with Crippen LogP contribution in [0.1, 0.15) is 59.4 Å². The minimum Gasteiger partial charge on any atom is -0.462 e. The number of rotatable bonds is 14. The second kappa shape index (κ2) is 16.4. The van der Waals surface area contributed by atoms with Crippen molar-refractivity contribution < 1.29 is 47.6 Å². The Hall–Kier alpha value is -3.34. The van der Waals surface area contributed by atoms with Crippen LogP contribution < -0.4 is 15.2 Å². The van der Waals surface area contributed by atoms with E-state index in [1.54, 1.807) is 19.9 Å². The van der Waals surface area contributed by atoms with Crippen molar-refractivity contribution in [2.75, 3.05) is 19.8 Å². The highest BCUT2D eigenvalue weighted by Crippen LogP contribution is 2.30. The van der Waals surface area contributed by atoms with Gasteiger partial charge in [0.2, 0.25) is 0 Å². The number of carbonyl (C=O) groups excluding carboxylic acids is 4. The van der Waals surface area contributed by atoms with Crippen LogP contribution in [0.3, 0.4) is 0 Å².